The fourth-order valence-corrected chi connectivity index (χ4v) is 3.21. The van der Waals surface area contributed by atoms with Gasteiger partial charge in [-0.1, -0.05) is 24.3 Å². The van der Waals surface area contributed by atoms with Crippen LogP contribution in [0.5, 0.6) is 5.75 Å². The topological polar surface area (TPSA) is 58.6 Å². The second kappa shape index (κ2) is 8.52. The van der Waals surface area contributed by atoms with Gasteiger partial charge in [0, 0.05) is 30.3 Å². The van der Waals surface area contributed by atoms with Crippen LogP contribution in [0.25, 0.3) is 6.08 Å². The molecule has 0 aromatic heterocycles. The van der Waals surface area contributed by atoms with Gasteiger partial charge < -0.3 is 15.0 Å². The van der Waals surface area contributed by atoms with E-state index in [2.05, 4.69) is 5.32 Å². The zero-order chi connectivity index (χ0) is 20.2. The number of ether oxygens (including phenoxy) is 1. The molecule has 0 spiro atoms. The molecule has 0 atom stereocenters. The van der Waals surface area contributed by atoms with Gasteiger partial charge in [-0.3, -0.25) is 9.59 Å². The van der Waals surface area contributed by atoms with E-state index >= 15 is 0 Å². The van der Waals surface area contributed by atoms with Crippen molar-refractivity contribution in [2.24, 2.45) is 0 Å². The standard InChI is InChI=1S/C24H26N2O3/c1-29-22-13-4-18(5-14-22)16-26(21-11-12-21)23(27)15-6-17-2-7-19(8-3-17)24(28)25-20-9-10-20/h2-8,13-15,20-21H,9-12,16H2,1H3,(H,25,28)/b15-6+. The maximum Gasteiger partial charge on any atom is 0.251 e. The number of rotatable bonds is 8. The first kappa shape index (κ1) is 19.2. The predicted octanol–water partition coefficient (Wildman–Crippen LogP) is 3.79. The van der Waals surface area contributed by atoms with Crippen LogP contribution in [0.3, 0.4) is 0 Å². The van der Waals surface area contributed by atoms with E-state index in [1.165, 1.54) is 0 Å². The Kier molecular flexibility index (Phi) is 5.65. The monoisotopic (exact) mass is 390 g/mol. The van der Waals surface area contributed by atoms with Gasteiger partial charge in [0.2, 0.25) is 5.91 Å². The van der Waals surface area contributed by atoms with Crippen molar-refractivity contribution in [3.8, 4) is 5.75 Å². The third-order valence-electron chi connectivity index (χ3n) is 5.29. The lowest BCUT2D eigenvalue weighted by atomic mass is 10.1. The Hall–Kier alpha value is -3.08. The molecular formula is C24H26N2O3. The number of benzene rings is 2. The van der Waals surface area contributed by atoms with Gasteiger partial charge in [0.15, 0.2) is 0 Å². The van der Waals surface area contributed by atoms with Gasteiger partial charge in [0.05, 0.1) is 7.11 Å². The lowest BCUT2D eigenvalue weighted by molar-refractivity contribution is -0.127. The van der Waals surface area contributed by atoms with Gasteiger partial charge in [0.25, 0.3) is 5.91 Å². The van der Waals surface area contributed by atoms with Crippen molar-refractivity contribution in [2.75, 3.05) is 7.11 Å². The molecule has 0 saturated heterocycles. The summed E-state index contributed by atoms with van der Waals surface area (Å²) >= 11 is 0. The van der Waals surface area contributed by atoms with E-state index in [1.54, 1.807) is 25.3 Å². The number of carbonyl (C=O) groups excluding carboxylic acids is 2. The molecule has 4 rings (SSSR count). The molecule has 5 nitrogen and oxygen atoms in total. The molecule has 2 saturated carbocycles. The number of carbonyl (C=O) groups is 2. The van der Waals surface area contributed by atoms with Crippen LogP contribution in [0.2, 0.25) is 0 Å². The zero-order valence-electron chi connectivity index (χ0n) is 16.6. The SMILES string of the molecule is COc1ccc(CN(C(=O)/C=C/c2ccc(C(=O)NC3CC3)cc2)C2CC2)cc1. The minimum absolute atomic E-state index is 0.0128. The molecule has 0 bridgehead atoms. The van der Waals surface area contributed by atoms with Gasteiger partial charge in [-0.2, -0.15) is 0 Å². The number of amides is 2. The molecule has 5 heteroatoms. The van der Waals surface area contributed by atoms with Crippen LogP contribution < -0.4 is 10.1 Å². The number of nitrogens with one attached hydrogen (secondary N) is 1. The molecule has 0 heterocycles. The highest BCUT2D eigenvalue weighted by molar-refractivity contribution is 5.95. The normalized spacial score (nSPS) is 15.9. The molecule has 0 radical (unpaired) electrons. The minimum Gasteiger partial charge on any atom is -0.497 e. The summed E-state index contributed by atoms with van der Waals surface area (Å²) in [5.41, 5.74) is 2.64. The van der Waals surface area contributed by atoms with Crippen LogP contribution in [0.4, 0.5) is 0 Å². The smallest absolute Gasteiger partial charge is 0.251 e. The molecule has 2 fully saturated rings. The third-order valence-corrected chi connectivity index (χ3v) is 5.29. The van der Waals surface area contributed by atoms with Crippen LogP contribution >= 0.6 is 0 Å². The molecule has 2 aromatic carbocycles. The second-order valence-electron chi connectivity index (χ2n) is 7.75. The van der Waals surface area contributed by atoms with Crippen molar-refractivity contribution in [1.29, 1.82) is 0 Å². The molecule has 2 amide bonds. The molecule has 0 aliphatic heterocycles. The lowest BCUT2D eigenvalue weighted by Gasteiger charge is -2.21. The van der Waals surface area contributed by atoms with Crippen molar-refractivity contribution in [1.82, 2.24) is 10.2 Å². The summed E-state index contributed by atoms with van der Waals surface area (Å²) in [5.74, 6) is 0.796. The van der Waals surface area contributed by atoms with E-state index < -0.39 is 0 Å². The Morgan fingerprint density at radius 3 is 2.31 bits per heavy atom. The summed E-state index contributed by atoms with van der Waals surface area (Å²) in [6.07, 6.45) is 7.70. The van der Waals surface area contributed by atoms with Crippen molar-refractivity contribution in [3.63, 3.8) is 0 Å². The molecule has 2 aliphatic carbocycles. The van der Waals surface area contributed by atoms with Gasteiger partial charge >= 0.3 is 0 Å². The highest BCUT2D eigenvalue weighted by Gasteiger charge is 2.31. The first-order chi connectivity index (χ1) is 14.1. The quantitative estimate of drug-likeness (QED) is 0.698. The Balaban J connectivity index is 1.37. The summed E-state index contributed by atoms with van der Waals surface area (Å²) in [6, 6.07) is 15.8. The molecule has 0 unspecified atom stereocenters. The number of nitrogens with zero attached hydrogens (tertiary/aromatic N) is 1. The zero-order valence-corrected chi connectivity index (χ0v) is 16.6. The summed E-state index contributed by atoms with van der Waals surface area (Å²) in [5, 5.41) is 2.98. The highest BCUT2D eigenvalue weighted by atomic mass is 16.5. The molecular weight excluding hydrogens is 364 g/mol. The number of hydrogen-bond donors (Lipinski definition) is 1. The molecule has 2 aliphatic rings. The third kappa shape index (κ3) is 5.25. The maximum absolute atomic E-state index is 12.8. The average Bonchev–Trinajstić information content (AvgIpc) is 3.66. The van der Waals surface area contributed by atoms with Crippen molar-refractivity contribution in [2.45, 2.75) is 44.3 Å². The first-order valence-corrected chi connectivity index (χ1v) is 10.1. The lowest BCUT2D eigenvalue weighted by Crippen LogP contribution is -2.31. The number of hydrogen-bond acceptors (Lipinski definition) is 3. The fourth-order valence-electron chi connectivity index (χ4n) is 3.21. The van der Waals surface area contributed by atoms with Crippen LogP contribution in [0.15, 0.2) is 54.6 Å². The van der Waals surface area contributed by atoms with E-state index in [4.69, 9.17) is 4.74 Å². The van der Waals surface area contributed by atoms with E-state index in [-0.39, 0.29) is 11.8 Å². The summed E-state index contributed by atoms with van der Waals surface area (Å²) in [6.45, 7) is 0.595. The minimum atomic E-state index is -0.0292. The predicted molar refractivity (Wildman–Crippen MR) is 113 cm³/mol. The van der Waals surface area contributed by atoms with Gasteiger partial charge in [-0.15, -0.1) is 0 Å². The number of methoxy groups -OCH3 is 1. The second-order valence-corrected chi connectivity index (χ2v) is 7.75. The van der Waals surface area contributed by atoms with Crippen molar-refractivity contribution >= 4 is 17.9 Å². The van der Waals surface area contributed by atoms with E-state index in [1.807, 2.05) is 47.4 Å². The summed E-state index contributed by atoms with van der Waals surface area (Å²) in [7, 11) is 1.64. The van der Waals surface area contributed by atoms with Crippen molar-refractivity contribution in [3.05, 3.63) is 71.3 Å². The van der Waals surface area contributed by atoms with Gasteiger partial charge in [0.1, 0.15) is 5.75 Å². The Morgan fingerprint density at radius 1 is 1.03 bits per heavy atom. The molecule has 1 N–H and O–H groups in total. The fraction of sp³-hybridized carbons (Fsp3) is 0.333. The maximum atomic E-state index is 12.8. The van der Waals surface area contributed by atoms with Crippen LogP contribution in [-0.2, 0) is 11.3 Å². The van der Waals surface area contributed by atoms with E-state index in [0.717, 1.165) is 42.6 Å². The highest BCUT2D eigenvalue weighted by Crippen LogP contribution is 2.29. The van der Waals surface area contributed by atoms with Crippen LogP contribution in [0, 0.1) is 0 Å². The molecule has 2 aromatic rings. The Labute approximate surface area is 171 Å². The summed E-state index contributed by atoms with van der Waals surface area (Å²) in [4.78, 5) is 26.8. The van der Waals surface area contributed by atoms with E-state index in [0.29, 0.717) is 24.2 Å². The largest absolute Gasteiger partial charge is 0.497 e. The van der Waals surface area contributed by atoms with Gasteiger partial charge in [-0.05, 0) is 67.2 Å². The summed E-state index contributed by atoms with van der Waals surface area (Å²) < 4.78 is 5.20. The molecule has 150 valence electrons. The average molecular weight is 390 g/mol. The Morgan fingerprint density at radius 2 is 1.72 bits per heavy atom. The first-order valence-electron chi connectivity index (χ1n) is 10.1. The van der Waals surface area contributed by atoms with E-state index in [9.17, 15) is 9.59 Å². The molecule has 29 heavy (non-hydrogen) atoms. The van der Waals surface area contributed by atoms with Crippen molar-refractivity contribution < 1.29 is 14.3 Å². The van der Waals surface area contributed by atoms with Gasteiger partial charge in [-0.25, -0.2) is 0 Å². The van der Waals surface area contributed by atoms with Crippen LogP contribution in [-0.4, -0.2) is 35.9 Å². The Bertz CT molecular complexity index is 895. The van der Waals surface area contributed by atoms with Crippen LogP contribution in [0.1, 0.15) is 47.2 Å².